The molecule has 136 valence electrons. The quantitative estimate of drug-likeness (QED) is 0.571. The van der Waals surface area contributed by atoms with E-state index in [1.807, 2.05) is 31.2 Å². The van der Waals surface area contributed by atoms with Gasteiger partial charge >= 0.3 is 0 Å². The van der Waals surface area contributed by atoms with Crippen molar-refractivity contribution >= 4 is 17.6 Å². The van der Waals surface area contributed by atoms with Crippen molar-refractivity contribution in [1.82, 2.24) is 10.6 Å². The highest BCUT2D eigenvalue weighted by molar-refractivity contribution is 5.94. The van der Waals surface area contributed by atoms with Crippen LogP contribution in [0.2, 0.25) is 0 Å². The highest BCUT2D eigenvalue weighted by atomic mass is 19.1. The van der Waals surface area contributed by atoms with Crippen molar-refractivity contribution in [2.45, 2.75) is 25.8 Å². The van der Waals surface area contributed by atoms with Crippen LogP contribution in [0, 0.1) is 5.82 Å². The number of amides is 1. The maximum Gasteiger partial charge on any atom is 0.225 e. The number of para-hydroxylation sites is 1. The van der Waals surface area contributed by atoms with E-state index in [2.05, 4.69) is 20.9 Å². The zero-order valence-electron chi connectivity index (χ0n) is 14.8. The Morgan fingerprint density at radius 3 is 2.77 bits per heavy atom. The number of fused-ring (bicyclic) bond motifs is 1. The Kier molecular flexibility index (Phi) is 5.84. The van der Waals surface area contributed by atoms with Gasteiger partial charge in [0.15, 0.2) is 5.96 Å². The van der Waals surface area contributed by atoms with E-state index in [-0.39, 0.29) is 24.2 Å². The van der Waals surface area contributed by atoms with Gasteiger partial charge in [-0.15, -0.1) is 0 Å². The lowest BCUT2D eigenvalue weighted by molar-refractivity contribution is -0.116. The molecule has 2 aromatic rings. The average Bonchev–Trinajstić information content (AvgIpc) is 2.64. The Bertz CT molecular complexity index is 806. The van der Waals surface area contributed by atoms with E-state index in [0.717, 1.165) is 11.3 Å². The summed E-state index contributed by atoms with van der Waals surface area (Å²) < 4.78 is 13.8. The van der Waals surface area contributed by atoms with Crippen LogP contribution in [0.5, 0.6) is 0 Å². The molecule has 0 aromatic heterocycles. The number of benzene rings is 2. The van der Waals surface area contributed by atoms with Crippen LogP contribution >= 0.6 is 0 Å². The van der Waals surface area contributed by atoms with Gasteiger partial charge in [0.25, 0.3) is 0 Å². The molecule has 0 saturated carbocycles. The first kappa shape index (κ1) is 17.9. The van der Waals surface area contributed by atoms with Crippen LogP contribution in [0.1, 0.15) is 30.4 Å². The molecule has 1 amide bonds. The van der Waals surface area contributed by atoms with E-state index in [4.69, 9.17) is 0 Å². The molecule has 3 rings (SSSR count). The summed E-state index contributed by atoms with van der Waals surface area (Å²) >= 11 is 0. The number of carbonyl (C=O) groups is 1. The predicted octanol–water partition coefficient (Wildman–Crippen LogP) is 3.01. The fourth-order valence-corrected chi connectivity index (χ4v) is 3.04. The molecule has 1 heterocycles. The number of hydrogen-bond acceptors (Lipinski definition) is 2. The topological polar surface area (TPSA) is 65.5 Å². The highest BCUT2D eigenvalue weighted by Crippen LogP contribution is 2.31. The normalized spacial score (nSPS) is 16.6. The average molecular weight is 354 g/mol. The third-order valence-corrected chi connectivity index (χ3v) is 4.33. The van der Waals surface area contributed by atoms with Gasteiger partial charge in [0.2, 0.25) is 5.91 Å². The summed E-state index contributed by atoms with van der Waals surface area (Å²) in [5, 5.41) is 9.34. The molecule has 0 spiro atoms. The van der Waals surface area contributed by atoms with E-state index in [9.17, 15) is 9.18 Å². The predicted molar refractivity (Wildman–Crippen MR) is 102 cm³/mol. The van der Waals surface area contributed by atoms with E-state index >= 15 is 0 Å². The second kappa shape index (κ2) is 8.47. The van der Waals surface area contributed by atoms with Crippen molar-refractivity contribution < 1.29 is 9.18 Å². The number of halogens is 1. The smallest absolute Gasteiger partial charge is 0.225 e. The van der Waals surface area contributed by atoms with Gasteiger partial charge < -0.3 is 16.0 Å². The summed E-state index contributed by atoms with van der Waals surface area (Å²) in [5.41, 5.74) is 2.53. The Morgan fingerprint density at radius 1 is 1.19 bits per heavy atom. The molecule has 0 aliphatic carbocycles. The van der Waals surface area contributed by atoms with Crippen molar-refractivity contribution in [3.8, 4) is 0 Å². The summed E-state index contributed by atoms with van der Waals surface area (Å²) in [4.78, 5) is 16.4. The third kappa shape index (κ3) is 4.39. The number of nitrogens with zero attached hydrogens (tertiary/aromatic N) is 1. The van der Waals surface area contributed by atoms with Crippen molar-refractivity contribution in [2.75, 3.05) is 18.4 Å². The molecule has 0 radical (unpaired) electrons. The van der Waals surface area contributed by atoms with Crippen LogP contribution in [0.4, 0.5) is 10.1 Å². The molecule has 2 aromatic carbocycles. The second-order valence-corrected chi connectivity index (χ2v) is 6.20. The third-order valence-electron chi connectivity index (χ3n) is 4.33. The number of guanidine groups is 1. The zero-order chi connectivity index (χ0) is 18.4. The molecule has 3 N–H and O–H groups in total. The first-order chi connectivity index (χ1) is 12.7. The highest BCUT2D eigenvalue weighted by Gasteiger charge is 2.24. The van der Waals surface area contributed by atoms with Gasteiger partial charge in [-0.2, -0.15) is 0 Å². The summed E-state index contributed by atoms with van der Waals surface area (Å²) in [6.07, 6.45) is 0.427. The van der Waals surface area contributed by atoms with Crippen LogP contribution < -0.4 is 16.0 Å². The van der Waals surface area contributed by atoms with E-state index in [1.165, 1.54) is 6.07 Å². The maximum absolute atomic E-state index is 13.8. The van der Waals surface area contributed by atoms with Crippen LogP contribution in [0.3, 0.4) is 0 Å². The lowest BCUT2D eigenvalue weighted by atomic mass is 9.90. The summed E-state index contributed by atoms with van der Waals surface area (Å²) in [7, 11) is 0. The minimum absolute atomic E-state index is 0.0174. The van der Waals surface area contributed by atoms with Gasteiger partial charge in [-0.3, -0.25) is 4.79 Å². The van der Waals surface area contributed by atoms with Gasteiger partial charge in [-0.1, -0.05) is 36.4 Å². The van der Waals surface area contributed by atoms with Gasteiger partial charge in [-0.05, 0) is 24.6 Å². The fraction of sp³-hybridized carbons (Fsp3) is 0.300. The number of hydrogen-bond donors (Lipinski definition) is 3. The number of rotatable bonds is 5. The number of aliphatic imine (C=N–C) groups is 1. The molecule has 26 heavy (non-hydrogen) atoms. The summed E-state index contributed by atoms with van der Waals surface area (Å²) in [5.74, 6) is 0.435. The Labute approximate surface area is 152 Å². The van der Waals surface area contributed by atoms with Crippen LogP contribution in [-0.4, -0.2) is 25.0 Å². The lowest BCUT2D eigenvalue weighted by Crippen LogP contribution is -2.40. The first-order valence-electron chi connectivity index (χ1n) is 8.81. The second-order valence-electron chi connectivity index (χ2n) is 6.20. The van der Waals surface area contributed by atoms with Gasteiger partial charge in [0.1, 0.15) is 5.82 Å². The van der Waals surface area contributed by atoms with E-state index < -0.39 is 0 Å². The summed E-state index contributed by atoms with van der Waals surface area (Å²) in [6.45, 7) is 3.51. The molecule has 1 atom stereocenters. The SMILES string of the molecule is CCNC(=NCc1ccccc1F)NCC1CC(=O)Nc2ccccc21. The van der Waals surface area contributed by atoms with Gasteiger partial charge in [0, 0.05) is 36.7 Å². The summed E-state index contributed by atoms with van der Waals surface area (Å²) in [6, 6.07) is 14.5. The minimum Gasteiger partial charge on any atom is -0.357 e. The molecule has 1 unspecified atom stereocenters. The van der Waals surface area contributed by atoms with Crippen molar-refractivity contribution in [3.63, 3.8) is 0 Å². The molecule has 0 fully saturated rings. The number of nitrogens with one attached hydrogen (secondary N) is 3. The van der Waals surface area contributed by atoms with Crippen molar-refractivity contribution in [3.05, 3.63) is 65.5 Å². The Morgan fingerprint density at radius 2 is 1.96 bits per heavy atom. The lowest BCUT2D eigenvalue weighted by Gasteiger charge is -2.26. The molecular weight excluding hydrogens is 331 g/mol. The number of carbonyl (C=O) groups excluding carboxylic acids is 1. The molecule has 0 saturated heterocycles. The van der Waals surface area contributed by atoms with Gasteiger partial charge in [0.05, 0.1) is 6.54 Å². The Hall–Kier alpha value is -2.89. The number of anilines is 1. The van der Waals surface area contributed by atoms with E-state index in [0.29, 0.717) is 31.0 Å². The maximum atomic E-state index is 13.8. The zero-order valence-corrected chi connectivity index (χ0v) is 14.8. The minimum atomic E-state index is -0.259. The largest absolute Gasteiger partial charge is 0.357 e. The molecular formula is C20H23FN4O. The van der Waals surface area contributed by atoms with Crippen LogP contribution in [0.25, 0.3) is 0 Å². The van der Waals surface area contributed by atoms with E-state index in [1.54, 1.807) is 18.2 Å². The first-order valence-corrected chi connectivity index (χ1v) is 8.81. The van der Waals surface area contributed by atoms with Crippen LogP contribution in [-0.2, 0) is 11.3 Å². The fourth-order valence-electron chi connectivity index (χ4n) is 3.04. The van der Waals surface area contributed by atoms with Crippen LogP contribution in [0.15, 0.2) is 53.5 Å². The molecule has 1 aliphatic heterocycles. The van der Waals surface area contributed by atoms with Crippen molar-refractivity contribution in [1.29, 1.82) is 0 Å². The monoisotopic (exact) mass is 354 g/mol. The Balaban J connectivity index is 1.68. The standard InChI is InChI=1S/C20H23FN4O/c1-2-22-20(23-12-14-7-3-5-9-17(14)21)24-13-15-11-19(26)25-18-10-6-4-8-16(15)18/h3-10,15H,2,11-13H2,1H3,(H,25,26)(H2,22,23,24). The van der Waals surface area contributed by atoms with Gasteiger partial charge in [-0.25, -0.2) is 9.38 Å². The van der Waals surface area contributed by atoms with Crippen molar-refractivity contribution in [2.24, 2.45) is 4.99 Å². The molecule has 5 nitrogen and oxygen atoms in total. The molecule has 1 aliphatic rings. The molecule has 0 bridgehead atoms. The molecule has 6 heteroatoms.